The Kier molecular flexibility index (Phi) is 6.31. The zero-order chi connectivity index (χ0) is 24.7. The highest BCUT2D eigenvalue weighted by molar-refractivity contribution is 7.92. The van der Waals surface area contributed by atoms with E-state index >= 15 is 0 Å². The predicted octanol–water partition coefficient (Wildman–Crippen LogP) is 4.17. The van der Waals surface area contributed by atoms with Crippen LogP contribution in [0.25, 0.3) is 11.1 Å². The molecule has 0 radical (unpaired) electrons. The largest absolute Gasteiger partial charge is 0.446 e. The molecular weight excluding hydrogens is 468 g/mol. The molecule has 0 N–H and O–H groups in total. The lowest BCUT2D eigenvalue weighted by molar-refractivity contribution is -0.117. The number of benzene rings is 2. The summed E-state index contributed by atoms with van der Waals surface area (Å²) in [6, 6.07) is 12.2. The summed E-state index contributed by atoms with van der Waals surface area (Å²) in [5, 5.41) is -0.257. The van der Waals surface area contributed by atoms with Crippen molar-refractivity contribution in [2.75, 3.05) is 29.6 Å². The zero-order valence-electron chi connectivity index (χ0n) is 20.0. The van der Waals surface area contributed by atoms with Crippen LogP contribution in [0, 0.1) is 0 Å². The lowest BCUT2D eigenvalue weighted by atomic mass is 10.0. The highest BCUT2D eigenvalue weighted by Gasteiger charge is 2.37. The van der Waals surface area contributed by atoms with Gasteiger partial charge in [0.15, 0.2) is 9.84 Å². The van der Waals surface area contributed by atoms with Gasteiger partial charge in [0.25, 0.3) is 0 Å². The first-order valence-corrected chi connectivity index (χ1v) is 13.6. The zero-order valence-corrected chi connectivity index (χ0v) is 20.8. The minimum atomic E-state index is -3.26. The van der Waals surface area contributed by atoms with E-state index in [9.17, 15) is 18.0 Å². The van der Waals surface area contributed by atoms with Gasteiger partial charge in [-0.3, -0.25) is 9.69 Å². The van der Waals surface area contributed by atoms with Crippen molar-refractivity contribution in [3.8, 4) is 11.1 Å². The van der Waals surface area contributed by atoms with Crippen LogP contribution in [0.1, 0.15) is 39.5 Å². The summed E-state index contributed by atoms with van der Waals surface area (Å²) < 4.78 is 36.2. The number of nitrogens with zero attached hydrogens (tertiary/aromatic N) is 2. The predicted molar refractivity (Wildman–Crippen MR) is 132 cm³/mol. The van der Waals surface area contributed by atoms with Gasteiger partial charge in [-0.15, -0.1) is 0 Å². The minimum Gasteiger partial charge on any atom is -0.446 e. The standard InChI is InChI=1S/C26H30N2O6S/c1-17-16-27(26(30)34-21-11-13-33-14-12-21)25-15-20(5-10-24(25)28(17)18(2)29)19-3-6-22(7-4-19)35(31,32)23-8-9-23/h3-7,10,15,17,21,23H,8-9,11-14,16H2,1-2H3. The van der Waals surface area contributed by atoms with Crippen LogP contribution >= 0.6 is 0 Å². The number of anilines is 2. The van der Waals surface area contributed by atoms with Crippen molar-refractivity contribution in [3.63, 3.8) is 0 Å². The van der Waals surface area contributed by atoms with E-state index in [0.717, 1.165) is 24.0 Å². The molecule has 0 spiro atoms. The molecule has 2 heterocycles. The Morgan fingerprint density at radius 1 is 0.943 bits per heavy atom. The second-order valence-electron chi connectivity index (χ2n) is 9.52. The molecule has 1 saturated carbocycles. The van der Waals surface area contributed by atoms with Gasteiger partial charge >= 0.3 is 6.09 Å². The average Bonchev–Trinajstić information content (AvgIpc) is 3.70. The van der Waals surface area contributed by atoms with Gasteiger partial charge in [-0.1, -0.05) is 18.2 Å². The van der Waals surface area contributed by atoms with Crippen LogP contribution < -0.4 is 9.80 Å². The number of hydrogen-bond donors (Lipinski definition) is 0. The van der Waals surface area contributed by atoms with E-state index in [1.807, 2.05) is 25.1 Å². The maximum atomic E-state index is 13.2. The topological polar surface area (TPSA) is 93.2 Å². The minimum absolute atomic E-state index is 0.0985. The monoisotopic (exact) mass is 498 g/mol. The molecule has 2 aliphatic heterocycles. The van der Waals surface area contributed by atoms with Crippen molar-refractivity contribution in [2.24, 2.45) is 0 Å². The van der Waals surface area contributed by atoms with Gasteiger partial charge in [0.2, 0.25) is 5.91 Å². The number of rotatable bonds is 4. The molecule has 1 unspecified atom stereocenters. The third-order valence-corrected chi connectivity index (χ3v) is 9.17. The molecule has 3 aliphatic rings. The van der Waals surface area contributed by atoms with Gasteiger partial charge in [0.1, 0.15) is 6.10 Å². The molecule has 1 aliphatic carbocycles. The Hall–Kier alpha value is -2.91. The molecule has 9 heteroatoms. The van der Waals surface area contributed by atoms with E-state index in [1.165, 1.54) is 6.92 Å². The highest BCUT2D eigenvalue weighted by atomic mass is 32.2. The lowest BCUT2D eigenvalue weighted by Gasteiger charge is -2.41. The third-order valence-electron chi connectivity index (χ3n) is 6.89. The van der Waals surface area contributed by atoms with Gasteiger partial charge in [-0.25, -0.2) is 13.2 Å². The Labute approximate surface area is 205 Å². The number of amides is 2. The molecule has 186 valence electrons. The van der Waals surface area contributed by atoms with Crippen LogP contribution in [0.3, 0.4) is 0 Å². The van der Waals surface area contributed by atoms with Gasteiger partial charge < -0.3 is 14.4 Å². The van der Waals surface area contributed by atoms with Crippen LogP contribution in [-0.4, -0.2) is 57.6 Å². The molecule has 1 saturated heterocycles. The van der Waals surface area contributed by atoms with Crippen LogP contribution in [0.2, 0.25) is 0 Å². The van der Waals surface area contributed by atoms with E-state index in [0.29, 0.717) is 48.9 Å². The summed E-state index contributed by atoms with van der Waals surface area (Å²) in [6.07, 6.45) is 2.15. The average molecular weight is 499 g/mol. The van der Waals surface area contributed by atoms with Crippen LogP contribution in [0.4, 0.5) is 16.2 Å². The van der Waals surface area contributed by atoms with Crippen molar-refractivity contribution < 1.29 is 27.5 Å². The van der Waals surface area contributed by atoms with Crippen LogP contribution in [-0.2, 0) is 24.1 Å². The Morgan fingerprint density at radius 3 is 2.23 bits per heavy atom. The van der Waals surface area contributed by atoms with E-state index in [4.69, 9.17) is 9.47 Å². The number of sulfone groups is 1. The summed E-state index contributed by atoms with van der Waals surface area (Å²) in [7, 11) is -3.26. The number of carbonyl (C=O) groups is 2. The van der Waals surface area contributed by atoms with Crippen molar-refractivity contribution >= 4 is 33.2 Å². The lowest BCUT2D eigenvalue weighted by Crippen LogP contribution is -2.52. The van der Waals surface area contributed by atoms with E-state index in [2.05, 4.69) is 0 Å². The number of hydrogen-bond acceptors (Lipinski definition) is 6. The van der Waals surface area contributed by atoms with Crippen molar-refractivity contribution in [1.29, 1.82) is 0 Å². The first kappa shape index (κ1) is 23.8. The fourth-order valence-electron chi connectivity index (χ4n) is 4.87. The van der Waals surface area contributed by atoms with Gasteiger partial charge in [-0.2, -0.15) is 0 Å². The molecular formula is C26H30N2O6S. The van der Waals surface area contributed by atoms with Gasteiger partial charge in [-0.05, 0) is 55.2 Å². The smallest absolute Gasteiger partial charge is 0.414 e. The summed E-state index contributed by atoms with van der Waals surface area (Å²) >= 11 is 0. The quantitative estimate of drug-likeness (QED) is 0.628. The summed E-state index contributed by atoms with van der Waals surface area (Å²) in [5.74, 6) is -0.0985. The Bertz CT molecular complexity index is 1230. The van der Waals surface area contributed by atoms with Gasteiger partial charge in [0, 0.05) is 26.3 Å². The molecule has 0 aromatic heterocycles. The van der Waals surface area contributed by atoms with E-state index in [1.54, 1.807) is 34.1 Å². The fraction of sp³-hybridized carbons (Fsp3) is 0.462. The van der Waals surface area contributed by atoms with E-state index < -0.39 is 15.9 Å². The summed E-state index contributed by atoms with van der Waals surface area (Å²) in [4.78, 5) is 29.3. The van der Waals surface area contributed by atoms with Crippen molar-refractivity contribution in [2.45, 2.75) is 61.8 Å². The normalized spacial score (nSPS) is 20.9. The molecule has 2 amide bonds. The van der Waals surface area contributed by atoms with Gasteiger partial charge in [0.05, 0.1) is 40.8 Å². The maximum Gasteiger partial charge on any atom is 0.414 e. The van der Waals surface area contributed by atoms with Crippen LogP contribution in [0.15, 0.2) is 47.4 Å². The number of ether oxygens (including phenoxy) is 2. The summed E-state index contributed by atoms with van der Waals surface area (Å²) in [6.45, 7) is 4.88. The molecule has 2 aromatic rings. The van der Waals surface area contributed by atoms with Crippen molar-refractivity contribution in [3.05, 3.63) is 42.5 Å². The SMILES string of the molecule is CC(=O)N1c2ccc(-c3ccc(S(=O)(=O)C4CC4)cc3)cc2N(C(=O)OC2CCOCC2)CC1C. The summed E-state index contributed by atoms with van der Waals surface area (Å²) in [5.41, 5.74) is 2.90. The first-order chi connectivity index (χ1) is 16.8. The number of carbonyl (C=O) groups excluding carboxylic acids is 2. The highest BCUT2D eigenvalue weighted by Crippen LogP contribution is 2.40. The second-order valence-corrected chi connectivity index (χ2v) is 11.7. The van der Waals surface area contributed by atoms with E-state index in [-0.39, 0.29) is 23.3 Å². The molecule has 2 aromatic carbocycles. The maximum absolute atomic E-state index is 13.2. The Balaban J connectivity index is 1.47. The third kappa shape index (κ3) is 4.67. The second kappa shape index (κ2) is 9.28. The molecule has 8 nitrogen and oxygen atoms in total. The number of fused-ring (bicyclic) bond motifs is 1. The van der Waals surface area contributed by atoms with Crippen molar-refractivity contribution in [1.82, 2.24) is 0 Å². The molecule has 1 atom stereocenters. The fourth-order valence-corrected chi connectivity index (χ4v) is 6.52. The Morgan fingerprint density at radius 2 is 1.60 bits per heavy atom. The first-order valence-electron chi connectivity index (χ1n) is 12.1. The molecule has 0 bridgehead atoms. The molecule has 35 heavy (non-hydrogen) atoms. The van der Waals surface area contributed by atoms with Crippen LogP contribution in [0.5, 0.6) is 0 Å². The molecule has 5 rings (SSSR count). The molecule has 2 fully saturated rings.